The van der Waals surface area contributed by atoms with Gasteiger partial charge in [-0.25, -0.2) is 0 Å². The maximum Gasteiger partial charge on any atom is 0.180 e. The van der Waals surface area contributed by atoms with Crippen molar-refractivity contribution in [2.45, 2.75) is 13.5 Å². The van der Waals surface area contributed by atoms with Crippen LogP contribution in [-0.2, 0) is 6.61 Å². The minimum atomic E-state index is -0.0582. The predicted molar refractivity (Wildman–Crippen MR) is 102 cm³/mol. The normalized spacial score (nSPS) is 15.8. The molecule has 0 aliphatic carbocycles. The average molecular weight is 354 g/mol. The fraction of sp³-hybridized carbons (Fsp3) is 0.381. The summed E-state index contributed by atoms with van der Waals surface area (Å²) in [6.07, 6.45) is 0. The van der Waals surface area contributed by atoms with Crippen molar-refractivity contribution in [2.75, 3.05) is 39.8 Å². The van der Waals surface area contributed by atoms with Crippen molar-refractivity contribution in [1.82, 2.24) is 9.80 Å². The minimum Gasteiger partial charge on any atom is -0.507 e. The molecule has 0 atom stereocenters. The summed E-state index contributed by atoms with van der Waals surface area (Å²) in [6, 6.07) is 13.0. The third-order valence-corrected chi connectivity index (χ3v) is 4.76. The molecular formula is C21H26N2O3. The lowest BCUT2D eigenvalue weighted by molar-refractivity contribution is 0.0874. The van der Waals surface area contributed by atoms with Crippen molar-refractivity contribution in [3.05, 3.63) is 59.2 Å². The summed E-state index contributed by atoms with van der Waals surface area (Å²) in [7, 11) is 2.08. The molecule has 0 bridgehead atoms. The number of carbonyl (C=O) groups excluding carboxylic acids is 1. The molecule has 3 rings (SSSR count). The second-order valence-electron chi connectivity index (χ2n) is 6.96. The second kappa shape index (κ2) is 8.34. The summed E-state index contributed by atoms with van der Waals surface area (Å²) in [6.45, 7) is 6.48. The van der Waals surface area contributed by atoms with Crippen LogP contribution in [-0.4, -0.2) is 60.5 Å². The van der Waals surface area contributed by atoms with Crippen LogP contribution in [0.3, 0.4) is 0 Å². The Bertz CT molecular complexity index is 750. The Morgan fingerprint density at radius 2 is 1.77 bits per heavy atom. The van der Waals surface area contributed by atoms with Gasteiger partial charge < -0.3 is 14.7 Å². The highest BCUT2D eigenvalue weighted by atomic mass is 16.5. The van der Waals surface area contributed by atoms with Gasteiger partial charge in [-0.1, -0.05) is 29.8 Å². The summed E-state index contributed by atoms with van der Waals surface area (Å²) in [5.74, 6) is 0.474. The number of likely N-dealkylation sites (N-methyl/N-ethyl adjacent to an activating group) is 1. The Labute approximate surface area is 154 Å². The smallest absolute Gasteiger partial charge is 0.180 e. The number of aryl methyl sites for hydroxylation is 1. The number of benzene rings is 2. The number of ketones is 1. The van der Waals surface area contributed by atoms with Crippen LogP contribution in [0.25, 0.3) is 0 Å². The second-order valence-corrected chi connectivity index (χ2v) is 6.96. The van der Waals surface area contributed by atoms with E-state index in [1.54, 1.807) is 12.1 Å². The number of hydrogen-bond donors (Lipinski definition) is 1. The molecule has 2 aromatic rings. The highest BCUT2D eigenvalue weighted by Crippen LogP contribution is 2.25. The zero-order valence-corrected chi connectivity index (χ0v) is 15.4. The number of ether oxygens (including phenoxy) is 1. The van der Waals surface area contributed by atoms with Gasteiger partial charge in [0.1, 0.15) is 18.1 Å². The molecular weight excluding hydrogens is 328 g/mol. The van der Waals surface area contributed by atoms with Gasteiger partial charge >= 0.3 is 0 Å². The zero-order valence-electron chi connectivity index (χ0n) is 15.4. The zero-order chi connectivity index (χ0) is 18.5. The van der Waals surface area contributed by atoms with Gasteiger partial charge in [-0.15, -0.1) is 0 Å². The Hall–Kier alpha value is -2.37. The molecule has 0 radical (unpaired) electrons. The van der Waals surface area contributed by atoms with Crippen LogP contribution in [0.5, 0.6) is 11.5 Å². The molecule has 5 heteroatoms. The van der Waals surface area contributed by atoms with Crippen molar-refractivity contribution >= 4 is 5.78 Å². The third-order valence-electron chi connectivity index (χ3n) is 4.76. The monoisotopic (exact) mass is 354 g/mol. The van der Waals surface area contributed by atoms with Crippen LogP contribution in [0.2, 0.25) is 0 Å². The van der Waals surface area contributed by atoms with Crippen LogP contribution >= 0.6 is 0 Å². The first-order valence-corrected chi connectivity index (χ1v) is 8.97. The van der Waals surface area contributed by atoms with Crippen molar-refractivity contribution in [1.29, 1.82) is 0 Å². The van der Waals surface area contributed by atoms with Gasteiger partial charge in [0.05, 0.1) is 12.1 Å². The molecule has 138 valence electrons. The Balaban J connectivity index is 1.58. The van der Waals surface area contributed by atoms with Gasteiger partial charge in [0.25, 0.3) is 0 Å². The molecule has 5 nitrogen and oxygen atoms in total. The first kappa shape index (κ1) is 18.4. The summed E-state index contributed by atoms with van der Waals surface area (Å²) < 4.78 is 5.72. The molecule has 2 aromatic carbocycles. The lowest BCUT2D eigenvalue weighted by Gasteiger charge is -2.31. The molecule has 0 spiro atoms. The Morgan fingerprint density at radius 1 is 1.08 bits per heavy atom. The van der Waals surface area contributed by atoms with Crippen molar-refractivity contribution in [3.8, 4) is 11.5 Å². The summed E-state index contributed by atoms with van der Waals surface area (Å²) in [5, 5.41) is 10.2. The van der Waals surface area contributed by atoms with Crippen molar-refractivity contribution in [2.24, 2.45) is 0 Å². The molecule has 1 N–H and O–H groups in total. The first-order chi connectivity index (χ1) is 12.5. The Morgan fingerprint density at radius 3 is 2.42 bits per heavy atom. The number of Topliss-reactive ketones (excluding diaryl/α,β-unsaturated/α-hetero) is 1. The maximum atomic E-state index is 12.5. The standard InChI is InChI=1S/C21H26N2O3/c1-16-3-5-17(6-4-16)15-26-18-7-8-19(20(24)13-18)21(25)14-23-11-9-22(2)10-12-23/h3-8,13,24H,9-12,14-15H2,1-2H3. The van der Waals surface area contributed by atoms with Gasteiger partial charge in [0, 0.05) is 32.2 Å². The molecule has 0 amide bonds. The van der Waals surface area contributed by atoms with E-state index in [4.69, 9.17) is 4.74 Å². The molecule has 1 aliphatic heterocycles. The van der Waals surface area contributed by atoms with Crippen LogP contribution in [0, 0.1) is 6.92 Å². The molecule has 0 aromatic heterocycles. The van der Waals surface area contributed by atoms with Crippen LogP contribution in [0.1, 0.15) is 21.5 Å². The van der Waals surface area contributed by atoms with Crippen LogP contribution in [0.15, 0.2) is 42.5 Å². The highest BCUT2D eigenvalue weighted by Gasteiger charge is 2.19. The van der Waals surface area contributed by atoms with E-state index >= 15 is 0 Å². The topological polar surface area (TPSA) is 53.0 Å². The van der Waals surface area contributed by atoms with E-state index in [0.29, 0.717) is 24.5 Å². The number of nitrogens with zero attached hydrogens (tertiary/aromatic N) is 2. The molecule has 1 saturated heterocycles. The van der Waals surface area contributed by atoms with E-state index in [2.05, 4.69) is 16.8 Å². The SMILES string of the molecule is Cc1ccc(COc2ccc(C(=O)CN3CCN(C)CC3)c(O)c2)cc1. The highest BCUT2D eigenvalue weighted by molar-refractivity contribution is 6.00. The number of phenolic OH excluding ortho intramolecular Hbond substituents is 1. The lowest BCUT2D eigenvalue weighted by atomic mass is 10.1. The minimum absolute atomic E-state index is 0.0227. The molecule has 0 saturated carbocycles. The van der Waals surface area contributed by atoms with Crippen LogP contribution in [0.4, 0.5) is 0 Å². The molecule has 1 aliphatic rings. The molecule has 26 heavy (non-hydrogen) atoms. The third kappa shape index (κ3) is 4.84. The average Bonchev–Trinajstić information content (AvgIpc) is 2.63. The van der Waals surface area contributed by atoms with E-state index in [9.17, 15) is 9.90 Å². The summed E-state index contributed by atoms with van der Waals surface area (Å²) in [4.78, 5) is 16.9. The number of hydrogen-bond acceptors (Lipinski definition) is 5. The van der Waals surface area contributed by atoms with Crippen molar-refractivity contribution in [3.63, 3.8) is 0 Å². The summed E-state index contributed by atoms with van der Waals surface area (Å²) in [5.41, 5.74) is 2.62. The number of rotatable bonds is 6. The fourth-order valence-electron chi connectivity index (χ4n) is 2.98. The van der Waals surface area contributed by atoms with E-state index < -0.39 is 0 Å². The predicted octanol–water partition coefficient (Wildman–Crippen LogP) is 2.71. The lowest BCUT2D eigenvalue weighted by Crippen LogP contribution is -2.46. The number of carbonyl (C=O) groups is 1. The van der Waals surface area contributed by atoms with Crippen LogP contribution < -0.4 is 4.74 Å². The largest absolute Gasteiger partial charge is 0.507 e. The van der Waals surface area contributed by atoms with E-state index in [0.717, 1.165) is 31.7 Å². The molecule has 1 heterocycles. The number of piperazine rings is 1. The van der Waals surface area contributed by atoms with Gasteiger partial charge in [-0.3, -0.25) is 9.69 Å². The molecule has 0 unspecified atom stereocenters. The quantitative estimate of drug-likeness (QED) is 0.809. The van der Waals surface area contributed by atoms with Gasteiger partial charge in [0.2, 0.25) is 0 Å². The molecule has 1 fully saturated rings. The summed E-state index contributed by atoms with van der Waals surface area (Å²) >= 11 is 0. The van der Waals surface area contributed by atoms with E-state index in [1.165, 1.54) is 11.6 Å². The van der Waals surface area contributed by atoms with Crippen molar-refractivity contribution < 1.29 is 14.6 Å². The van der Waals surface area contributed by atoms with Gasteiger partial charge in [0.15, 0.2) is 5.78 Å². The van der Waals surface area contributed by atoms with Gasteiger partial charge in [-0.2, -0.15) is 0 Å². The van der Waals surface area contributed by atoms with E-state index in [1.807, 2.05) is 31.2 Å². The first-order valence-electron chi connectivity index (χ1n) is 8.97. The van der Waals surface area contributed by atoms with Gasteiger partial charge in [-0.05, 0) is 31.7 Å². The fourth-order valence-corrected chi connectivity index (χ4v) is 2.98. The Kier molecular flexibility index (Phi) is 5.91. The van der Waals surface area contributed by atoms with E-state index in [-0.39, 0.29) is 11.5 Å². The number of phenols is 1. The maximum absolute atomic E-state index is 12.5. The number of aromatic hydroxyl groups is 1.